The van der Waals surface area contributed by atoms with Gasteiger partial charge in [0.25, 0.3) is 0 Å². The molecule has 2 amide bonds. The highest BCUT2D eigenvalue weighted by atomic mass is 32.1. The summed E-state index contributed by atoms with van der Waals surface area (Å²) in [7, 11) is 0. The van der Waals surface area contributed by atoms with Gasteiger partial charge in [0.2, 0.25) is 0 Å². The number of aromatic nitrogens is 3. The number of nitrogens with one attached hydrogen (secondary N) is 1. The molecule has 7 nitrogen and oxygen atoms in total. The van der Waals surface area contributed by atoms with E-state index in [9.17, 15) is 4.79 Å². The number of urea groups is 1. The number of carbonyl (C=O) groups is 1. The van der Waals surface area contributed by atoms with E-state index in [1.165, 1.54) is 10.5 Å². The molecule has 1 N–H and O–H groups in total. The third-order valence-electron chi connectivity index (χ3n) is 3.68. The van der Waals surface area contributed by atoms with Gasteiger partial charge >= 0.3 is 6.03 Å². The number of ether oxygens (including phenoxy) is 1. The van der Waals surface area contributed by atoms with Gasteiger partial charge in [-0.25, -0.2) is 19.7 Å². The fourth-order valence-corrected chi connectivity index (χ4v) is 2.49. The minimum atomic E-state index is -0.371. The van der Waals surface area contributed by atoms with Crippen LogP contribution < -0.4 is 10.1 Å². The number of hydrogen-bond acceptors (Lipinski definition) is 6. The lowest BCUT2D eigenvalue weighted by Crippen LogP contribution is -2.27. The Bertz CT molecular complexity index is 964. The van der Waals surface area contributed by atoms with Crippen molar-refractivity contribution in [2.45, 2.75) is 26.9 Å². The summed E-state index contributed by atoms with van der Waals surface area (Å²) in [4.78, 5) is 25.2. The molecule has 1 aromatic carbocycles. The first-order valence-electron chi connectivity index (χ1n) is 8.64. The molecule has 0 bridgehead atoms. The molecule has 2 aromatic heterocycles. The van der Waals surface area contributed by atoms with Crippen LogP contribution in [0.4, 0.5) is 10.6 Å². The standard InChI is InChI=1S/C19H21N5O2S/c1-4-24(27)19(25)23-17-11-20-16-9-8-15(21-18(16)22-17)13-6-5-7-14(10-13)26-12(2)3/h5-12,27H,4H2,1-3H3,(H,21,22,23,25). The lowest BCUT2D eigenvalue weighted by molar-refractivity contribution is 0.240. The molecule has 0 atom stereocenters. The summed E-state index contributed by atoms with van der Waals surface area (Å²) in [5.74, 6) is 1.10. The van der Waals surface area contributed by atoms with E-state index in [4.69, 9.17) is 4.74 Å². The van der Waals surface area contributed by atoms with Crippen LogP contribution in [-0.2, 0) is 0 Å². The highest BCUT2D eigenvalue weighted by molar-refractivity contribution is 7.78. The van der Waals surface area contributed by atoms with E-state index in [-0.39, 0.29) is 12.1 Å². The molecule has 8 heteroatoms. The van der Waals surface area contributed by atoms with Gasteiger partial charge in [0.15, 0.2) is 11.5 Å². The van der Waals surface area contributed by atoms with Crippen LogP contribution in [0.3, 0.4) is 0 Å². The SMILES string of the molecule is CCN(S)C(=O)Nc1cnc2ccc(-c3cccc(OC(C)C)c3)nc2n1. The van der Waals surface area contributed by atoms with Gasteiger partial charge in [0.05, 0.1) is 18.0 Å². The van der Waals surface area contributed by atoms with Crippen LogP contribution in [0, 0.1) is 0 Å². The van der Waals surface area contributed by atoms with E-state index in [0.29, 0.717) is 23.5 Å². The Hall–Kier alpha value is -2.87. The number of carbonyl (C=O) groups excluding carboxylic acids is 1. The van der Waals surface area contributed by atoms with E-state index < -0.39 is 0 Å². The van der Waals surface area contributed by atoms with E-state index in [2.05, 4.69) is 33.1 Å². The van der Waals surface area contributed by atoms with Gasteiger partial charge in [-0.05, 0) is 45.0 Å². The zero-order valence-electron chi connectivity index (χ0n) is 15.4. The van der Waals surface area contributed by atoms with Gasteiger partial charge in [-0.2, -0.15) is 0 Å². The third-order valence-corrected chi connectivity index (χ3v) is 4.14. The summed E-state index contributed by atoms with van der Waals surface area (Å²) in [6.45, 7) is 6.25. The van der Waals surface area contributed by atoms with Crippen LogP contribution in [-0.4, -0.2) is 37.9 Å². The fraction of sp³-hybridized carbons (Fsp3) is 0.263. The maximum Gasteiger partial charge on any atom is 0.332 e. The second kappa shape index (κ2) is 8.22. The first-order valence-corrected chi connectivity index (χ1v) is 9.04. The summed E-state index contributed by atoms with van der Waals surface area (Å²) >= 11 is 4.07. The number of fused-ring (bicyclic) bond motifs is 1. The van der Waals surface area contributed by atoms with E-state index in [1.807, 2.05) is 57.2 Å². The highest BCUT2D eigenvalue weighted by Gasteiger charge is 2.11. The molecule has 3 rings (SSSR count). The normalized spacial score (nSPS) is 10.9. The predicted octanol–water partition coefficient (Wildman–Crippen LogP) is 4.18. The van der Waals surface area contributed by atoms with E-state index in [1.54, 1.807) is 0 Å². The van der Waals surface area contributed by atoms with Crippen molar-refractivity contribution in [3.8, 4) is 17.0 Å². The molecule has 0 spiro atoms. The largest absolute Gasteiger partial charge is 0.491 e. The van der Waals surface area contributed by atoms with Crippen molar-refractivity contribution >= 4 is 35.8 Å². The van der Waals surface area contributed by atoms with Gasteiger partial charge in [0, 0.05) is 12.1 Å². The average Bonchev–Trinajstić information content (AvgIpc) is 2.66. The lowest BCUT2D eigenvalue weighted by atomic mass is 10.1. The quantitative estimate of drug-likeness (QED) is 0.646. The molecule has 0 saturated carbocycles. The smallest absolute Gasteiger partial charge is 0.332 e. The molecule has 0 radical (unpaired) electrons. The van der Waals surface area contributed by atoms with Crippen LogP contribution in [0.5, 0.6) is 5.75 Å². The van der Waals surface area contributed by atoms with Crippen LogP contribution in [0.2, 0.25) is 0 Å². The fourth-order valence-electron chi connectivity index (χ4n) is 2.44. The zero-order chi connectivity index (χ0) is 19.4. The minimum Gasteiger partial charge on any atom is -0.491 e. The summed E-state index contributed by atoms with van der Waals surface area (Å²) in [5, 5.41) is 2.65. The average molecular weight is 383 g/mol. The molecule has 0 fully saturated rings. The maximum absolute atomic E-state index is 11.9. The van der Waals surface area contributed by atoms with Crippen molar-refractivity contribution in [3.63, 3.8) is 0 Å². The number of nitrogens with zero attached hydrogens (tertiary/aromatic N) is 4. The molecule has 3 aromatic rings. The van der Waals surface area contributed by atoms with Crippen molar-refractivity contribution in [1.29, 1.82) is 0 Å². The Morgan fingerprint density at radius 3 is 2.81 bits per heavy atom. The number of benzene rings is 1. The van der Waals surface area contributed by atoms with Crippen LogP contribution >= 0.6 is 12.8 Å². The molecular weight excluding hydrogens is 362 g/mol. The number of anilines is 1. The van der Waals surface area contributed by atoms with Gasteiger partial charge in [-0.1, -0.05) is 24.9 Å². The molecule has 27 heavy (non-hydrogen) atoms. The van der Waals surface area contributed by atoms with Crippen LogP contribution in [0.1, 0.15) is 20.8 Å². The molecule has 0 saturated heterocycles. The Morgan fingerprint density at radius 1 is 1.26 bits per heavy atom. The third kappa shape index (κ3) is 4.65. The zero-order valence-corrected chi connectivity index (χ0v) is 16.3. The number of hydrogen-bond donors (Lipinski definition) is 2. The molecule has 0 unspecified atom stereocenters. The molecule has 0 aliphatic carbocycles. The van der Waals surface area contributed by atoms with Gasteiger partial charge in [-0.15, -0.1) is 0 Å². The summed E-state index contributed by atoms with van der Waals surface area (Å²) in [6, 6.07) is 11.1. The second-order valence-corrected chi connectivity index (χ2v) is 6.62. The molecule has 2 heterocycles. The van der Waals surface area contributed by atoms with Crippen molar-refractivity contribution in [1.82, 2.24) is 19.3 Å². The van der Waals surface area contributed by atoms with Crippen molar-refractivity contribution in [2.75, 3.05) is 11.9 Å². The number of thiol groups is 1. The van der Waals surface area contributed by atoms with Crippen molar-refractivity contribution in [3.05, 3.63) is 42.6 Å². The highest BCUT2D eigenvalue weighted by Crippen LogP contribution is 2.24. The Kier molecular flexibility index (Phi) is 5.75. The van der Waals surface area contributed by atoms with Crippen LogP contribution in [0.15, 0.2) is 42.6 Å². The summed E-state index contributed by atoms with van der Waals surface area (Å²) in [6.07, 6.45) is 1.59. The Balaban J connectivity index is 1.91. The Morgan fingerprint density at radius 2 is 2.07 bits per heavy atom. The Labute approximate surface area is 163 Å². The van der Waals surface area contributed by atoms with Crippen molar-refractivity contribution in [2.24, 2.45) is 0 Å². The van der Waals surface area contributed by atoms with E-state index >= 15 is 0 Å². The van der Waals surface area contributed by atoms with Crippen molar-refractivity contribution < 1.29 is 9.53 Å². The number of rotatable bonds is 5. The summed E-state index contributed by atoms with van der Waals surface area (Å²) in [5.41, 5.74) is 2.75. The topological polar surface area (TPSA) is 80.2 Å². The minimum absolute atomic E-state index is 0.0939. The second-order valence-electron chi connectivity index (χ2n) is 6.13. The molecule has 0 aliphatic rings. The lowest BCUT2D eigenvalue weighted by Gasteiger charge is -2.13. The molecule has 140 valence electrons. The molecule has 0 aliphatic heterocycles. The van der Waals surface area contributed by atoms with Gasteiger partial charge < -0.3 is 4.74 Å². The van der Waals surface area contributed by atoms with Crippen LogP contribution in [0.25, 0.3) is 22.4 Å². The summed E-state index contributed by atoms with van der Waals surface area (Å²) < 4.78 is 6.99. The predicted molar refractivity (Wildman–Crippen MR) is 109 cm³/mol. The maximum atomic E-state index is 11.9. The monoisotopic (exact) mass is 383 g/mol. The van der Waals surface area contributed by atoms with E-state index in [0.717, 1.165) is 17.0 Å². The first kappa shape index (κ1) is 18.9. The molecular formula is C19H21N5O2S. The van der Waals surface area contributed by atoms with Gasteiger partial charge in [-0.3, -0.25) is 9.62 Å². The van der Waals surface area contributed by atoms with Gasteiger partial charge in [0.1, 0.15) is 11.3 Å². The first-order chi connectivity index (χ1) is 13.0. The number of amides is 2. The number of pyridine rings is 1.